The van der Waals surface area contributed by atoms with E-state index in [2.05, 4.69) is 5.32 Å². The lowest BCUT2D eigenvalue weighted by atomic mass is 10.1. The van der Waals surface area contributed by atoms with Gasteiger partial charge in [0, 0.05) is 11.1 Å². The van der Waals surface area contributed by atoms with E-state index in [-0.39, 0.29) is 5.91 Å². The third kappa shape index (κ3) is 6.00. The summed E-state index contributed by atoms with van der Waals surface area (Å²) in [5.41, 5.74) is 3.97. The van der Waals surface area contributed by atoms with Crippen molar-refractivity contribution in [3.63, 3.8) is 0 Å². The lowest BCUT2D eigenvalue weighted by molar-refractivity contribution is -0.895. The molecule has 2 aromatic carbocycles. The van der Waals surface area contributed by atoms with Crippen LogP contribution in [0.3, 0.4) is 0 Å². The Morgan fingerprint density at radius 2 is 1.76 bits per heavy atom. The van der Waals surface area contributed by atoms with Gasteiger partial charge in [-0.15, -0.1) is 0 Å². The molecule has 0 unspecified atom stereocenters. The summed E-state index contributed by atoms with van der Waals surface area (Å²) in [7, 11) is -3.45. The molecule has 0 saturated carbocycles. The van der Waals surface area contributed by atoms with Crippen LogP contribution in [0.5, 0.6) is 0 Å². The van der Waals surface area contributed by atoms with Crippen molar-refractivity contribution >= 4 is 27.7 Å². The molecule has 2 N–H and O–H groups in total. The van der Waals surface area contributed by atoms with Gasteiger partial charge in [0.2, 0.25) is 10.0 Å². The smallest absolute Gasteiger partial charge is 0.279 e. The van der Waals surface area contributed by atoms with Crippen LogP contribution in [0, 0.1) is 13.8 Å². The summed E-state index contributed by atoms with van der Waals surface area (Å²) in [4.78, 5) is 13.4. The predicted octanol–water partition coefficient (Wildman–Crippen LogP) is 1.44. The fraction of sp³-hybridized carbons (Fsp3) is 0.318. The largest absolute Gasteiger partial charge is 0.325 e. The third-order valence-corrected chi connectivity index (χ3v) is 6.79. The quantitative estimate of drug-likeness (QED) is 0.752. The molecule has 29 heavy (non-hydrogen) atoms. The van der Waals surface area contributed by atoms with E-state index in [0.717, 1.165) is 21.7 Å². The maximum atomic E-state index is 12.5. The number of piperazine rings is 1. The van der Waals surface area contributed by atoms with Gasteiger partial charge in [-0.2, -0.15) is 4.31 Å². The number of carbonyl (C=O) groups excluding carboxylic acids is 1. The first-order valence-corrected chi connectivity index (χ1v) is 11.3. The van der Waals surface area contributed by atoms with Crippen LogP contribution in [0.2, 0.25) is 0 Å². The molecule has 7 heteroatoms. The van der Waals surface area contributed by atoms with Crippen LogP contribution in [0.25, 0.3) is 6.08 Å². The second-order valence-electron chi connectivity index (χ2n) is 7.43. The topological polar surface area (TPSA) is 70.9 Å². The molecule has 0 atom stereocenters. The maximum Gasteiger partial charge on any atom is 0.279 e. The Labute approximate surface area is 172 Å². The van der Waals surface area contributed by atoms with Crippen molar-refractivity contribution in [3.8, 4) is 0 Å². The minimum absolute atomic E-state index is 0.0523. The van der Waals surface area contributed by atoms with E-state index in [9.17, 15) is 13.2 Å². The summed E-state index contributed by atoms with van der Waals surface area (Å²) in [5, 5.41) is 4.20. The van der Waals surface area contributed by atoms with E-state index in [0.29, 0.717) is 32.7 Å². The highest BCUT2D eigenvalue weighted by Gasteiger charge is 2.28. The minimum Gasteiger partial charge on any atom is -0.325 e. The monoisotopic (exact) mass is 414 g/mol. The summed E-state index contributed by atoms with van der Waals surface area (Å²) >= 11 is 0. The number of benzene rings is 2. The molecule has 0 bridgehead atoms. The molecule has 1 amide bonds. The number of nitrogens with one attached hydrogen (secondary N) is 2. The first-order valence-electron chi connectivity index (χ1n) is 9.77. The van der Waals surface area contributed by atoms with E-state index in [1.165, 1.54) is 15.3 Å². The van der Waals surface area contributed by atoms with E-state index >= 15 is 0 Å². The van der Waals surface area contributed by atoms with E-state index < -0.39 is 10.0 Å². The van der Waals surface area contributed by atoms with E-state index in [4.69, 9.17) is 0 Å². The highest BCUT2D eigenvalue weighted by molar-refractivity contribution is 7.92. The number of sulfonamides is 1. The van der Waals surface area contributed by atoms with Crippen molar-refractivity contribution in [1.29, 1.82) is 0 Å². The van der Waals surface area contributed by atoms with Gasteiger partial charge in [-0.3, -0.25) is 4.79 Å². The normalized spacial score (nSPS) is 16.2. The van der Waals surface area contributed by atoms with Gasteiger partial charge in [0.25, 0.3) is 5.91 Å². The number of nitrogens with zero attached hydrogens (tertiary/aromatic N) is 1. The molecule has 0 spiro atoms. The van der Waals surface area contributed by atoms with Crippen LogP contribution in [-0.2, 0) is 14.8 Å². The maximum absolute atomic E-state index is 12.5. The molecule has 2 aromatic rings. The van der Waals surface area contributed by atoms with Crippen molar-refractivity contribution in [2.75, 3.05) is 38.0 Å². The molecule has 0 aliphatic carbocycles. The summed E-state index contributed by atoms with van der Waals surface area (Å²) < 4.78 is 26.6. The summed E-state index contributed by atoms with van der Waals surface area (Å²) in [6.07, 6.45) is 1.62. The number of carbonyl (C=O) groups is 1. The van der Waals surface area contributed by atoms with Crippen molar-refractivity contribution in [1.82, 2.24) is 4.31 Å². The Kier molecular flexibility index (Phi) is 6.84. The lowest BCUT2D eigenvalue weighted by Gasteiger charge is -2.30. The fourth-order valence-electron chi connectivity index (χ4n) is 3.30. The van der Waals surface area contributed by atoms with Crippen molar-refractivity contribution < 1.29 is 18.1 Å². The summed E-state index contributed by atoms with van der Waals surface area (Å²) in [6.45, 7) is 6.43. The number of quaternary nitrogens is 1. The minimum atomic E-state index is -3.45. The second kappa shape index (κ2) is 9.35. The van der Waals surface area contributed by atoms with Crippen LogP contribution in [0.4, 0.5) is 5.69 Å². The van der Waals surface area contributed by atoms with Crippen molar-refractivity contribution in [2.45, 2.75) is 13.8 Å². The molecule has 1 saturated heterocycles. The molecule has 1 aliphatic rings. The number of anilines is 1. The zero-order chi connectivity index (χ0) is 20.9. The predicted molar refractivity (Wildman–Crippen MR) is 116 cm³/mol. The van der Waals surface area contributed by atoms with Crippen molar-refractivity contribution in [3.05, 3.63) is 70.6 Å². The van der Waals surface area contributed by atoms with Gasteiger partial charge in [-0.25, -0.2) is 8.42 Å². The Bertz CT molecular complexity index is 980. The highest BCUT2D eigenvalue weighted by Crippen LogP contribution is 2.14. The summed E-state index contributed by atoms with van der Waals surface area (Å²) in [6, 6.07) is 15.2. The molecule has 1 heterocycles. The Balaban J connectivity index is 1.50. The Morgan fingerprint density at radius 1 is 1.07 bits per heavy atom. The number of hydrogen-bond donors (Lipinski definition) is 2. The lowest BCUT2D eigenvalue weighted by Crippen LogP contribution is -3.15. The SMILES string of the molecule is Cc1ccc(NC(=O)C[NH+]2CCN(S(=O)(=O)/C=C/c3ccccc3)CC2)cc1C. The van der Waals surface area contributed by atoms with Gasteiger partial charge >= 0.3 is 0 Å². The van der Waals surface area contributed by atoms with Crippen LogP contribution in [0.15, 0.2) is 53.9 Å². The molecule has 0 aromatic heterocycles. The first-order chi connectivity index (χ1) is 13.8. The highest BCUT2D eigenvalue weighted by atomic mass is 32.2. The average Bonchev–Trinajstić information content (AvgIpc) is 2.70. The van der Waals surface area contributed by atoms with Crippen LogP contribution in [0.1, 0.15) is 16.7 Å². The fourth-order valence-corrected chi connectivity index (χ4v) is 4.49. The molecule has 1 fully saturated rings. The standard InChI is InChI=1S/C22H27N3O3S/c1-18-8-9-21(16-19(18)2)23-22(26)17-24-11-13-25(14-12-24)29(27,28)15-10-20-6-4-3-5-7-20/h3-10,15-16H,11-14,17H2,1-2H3,(H,23,26)/p+1/b15-10+. The molecular formula is C22H28N3O3S+. The Morgan fingerprint density at radius 3 is 2.41 bits per heavy atom. The number of amides is 1. The number of hydrogen-bond acceptors (Lipinski definition) is 3. The second-order valence-corrected chi connectivity index (χ2v) is 9.25. The molecule has 6 nitrogen and oxygen atoms in total. The number of aryl methyl sites for hydroxylation is 2. The number of rotatable bonds is 6. The van der Waals surface area contributed by atoms with E-state index in [1.807, 2.05) is 62.4 Å². The van der Waals surface area contributed by atoms with Crippen LogP contribution < -0.4 is 10.2 Å². The van der Waals surface area contributed by atoms with Gasteiger partial charge < -0.3 is 10.2 Å². The van der Waals surface area contributed by atoms with Crippen LogP contribution >= 0.6 is 0 Å². The van der Waals surface area contributed by atoms with Gasteiger partial charge in [-0.05, 0) is 48.7 Å². The third-order valence-electron chi connectivity index (χ3n) is 5.22. The molecule has 154 valence electrons. The molecular weight excluding hydrogens is 386 g/mol. The summed E-state index contributed by atoms with van der Waals surface area (Å²) in [5.74, 6) is -0.0523. The molecule has 1 aliphatic heterocycles. The Hall–Kier alpha value is -2.48. The van der Waals surface area contributed by atoms with Gasteiger partial charge in [0.1, 0.15) is 0 Å². The first kappa shape index (κ1) is 21.2. The van der Waals surface area contributed by atoms with Crippen LogP contribution in [-0.4, -0.2) is 51.4 Å². The average molecular weight is 415 g/mol. The van der Waals surface area contributed by atoms with Gasteiger partial charge in [-0.1, -0.05) is 36.4 Å². The van der Waals surface area contributed by atoms with Gasteiger partial charge in [0.15, 0.2) is 6.54 Å². The molecule has 3 rings (SSSR count). The van der Waals surface area contributed by atoms with E-state index in [1.54, 1.807) is 6.08 Å². The van der Waals surface area contributed by atoms with Gasteiger partial charge in [0.05, 0.1) is 26.2 Å². The molecule has 0 radical (unpaired) electrons. The zero-order valence-corrected chi connectivity index (χ0v) is 17.7. The zero-order valence-electron chi connectivity index (χ0n) is 16.9. The van der Waals surface area contributed by atoms with Crippen molar-refractivity contribution in [2.24, 2.45) is 0 Å².